The van der Waals surface area contributed by atoms with Gasteiger partial charge in [0.1, 0.15) is 5.75 Å². The van der Waals surface area contributed by atoms with Gasteiger partial charge >= 0.3 is 0 Å². The van der Waals surface area contributed by atoms with Gasteiger partial charge in [-0.3, -0.25) is 4.98 Å². The van der Waals surface area contributed by atoms with E-state index in [0.29, 0.717) is 5.75 Å². The fraction of sp³-hybridized carbons (Fsp3) is 0.182. The monoisotopic (exact) mass is 373 g/mol. The Hall–Kier alpha value is -3.54. The van der Waals surface area contributed by atoms with Crippen molar-refractivity contribution in [2.45, 2.75) is 18.7 Å². The molecule has 0 unspecified atom stereocenters. The first kappa shape index (κ1) is 16.6. The normalized spacial score (nSPS) is 20.0. The van der Waals surface area contributed by atoms with Crippen LogP contribution in [0.5, 0.6) is 17.2 Å². The average Bonchev–Trinajstić information content (AvgIpc) is 3.19. The SMILES string of the molecule is COc1cccc2c1O[C@@H](c1ccncc1)N1N=C(c3ccc(O)cc3)C[C@H]21. The van der Waals surface area contributed by atoms with Crippen molar-refractivity contribution < 1.29 is 14.6 Å². The Morgan fingerprint density at radius 2 is 1.86 bits per heavy atom. The van der Waals surface area contributed by atoms with Gasteiger partial charge in [0.25, 0.3) is 0 Å². The maximum absolute atomic E-state index is 9.59. The lowest BCUT2D eigenvalue weighted by molar-refractivity contribution is -0.0209. The average molecular weight is 373 g/mol. The lowest BCUT2D eigenvalue weighted by Crippen LogP contribution is -2.33. The van der Waals surface area contributed by atoms with Crippen LogP contribution in [0.4, 0.5) is 0 Å². The van der Waals surface area contributed by atoms with Crippen LogP contribution >= 0.6 is 0 Å². The van der Waals surface area contributed by atoms with Crippen molar-refractivity contribution in [1.82, 2.24) is 9.99 Å². The summed E-state index contributed by atoms with van der Waals surface area (Å²) in [6.07, 6.45) is 3.89. The molecule has 2 aromatic carbocycles. The second-order valence-corrected chi connectivity index (χ2v) is 6.82. The first-order chi connectivity index (χ1) is 13.7. The topological polar surface area (TPSA) is 67.2 Å². The van der Waals surface area contributed by atoms with E-state index >= 15 is 0 Å². The number of nitrogens with zero attached hydrogens (tertiary/aromatic N) is 3. The molecule has 0 spiro atoms. The van der Waals surface area contributed by atoms with Gasteiger partial charge in [-0.2, -0.15) is 5.10 Å². The van der Waals surface area contributed by atoms with E-state index in [1.54, 1.807) is 31.6 Å². The van der Waals surface area contributed by atoms with Crippen LogP contribution in [0.25, 0.3) is 0 Å². The molecule has 2 aliphatic heterocycles. The lowest BCUT2D eigenvalue weighted by atomic mass is 9.95. The molecular weight excluding hydrogens is 354 g/mol. The zero-order valence-corrected chi connectivity index (χ0v) is 15.3. The van der Waals surface area contributed by atoms with Crippen molar-refractivity contribution in [1.29, 1.82) is 0 Å². The number of ether oxygens (including phenoxy) is 2. The van der Waals surface area contributed by atoms with E-state index in [-0.39, 0.29) is 18.0 Å². The Morgan fingerprint density at radius 3 is 2.61 bits per heavy atom. The molecule has 6 nitrogen and oxygen atoms in total. The molecular formula is C22H19N3O3. The van der Waals surface area contributed by atoms with Gasteiger partial charge in [-0.25, -0.2) is 5.01 Å². The third-order valence-corrected chi connectivity index (χ3v) is 5.19. The summed E-state index contributed by atoms with van der Waals surface area (Å²) < 4.78 is 11.9. The van der Waals surface area contributed by atoms with E-state index in [2.05, 4.69) is 11.1 Å². The molecule has 5 rings (SSSR count). The Bertz CT molecular complexity index is 1030. The largest absolute Gasteiger partial charge is 0.508 e. The third-order valence-electron chi connectivity index (χ3n) is 5.19. The number of para-hydroxylation sites is 1. The highest BCUT2D eigenvalue weighted by atomic mass is 16.5. The molecule has 6 heteroatoms. The second-order valence-electron chi connectivity index (χ2n) is 6.82. The quantitative estimate of drug-likeness (QED) is 0.751. The number of fused-ring (bicyclic) bond motifs is 3. The number of phenols is 1. The van der Waals surface area contributed by atoms with Gasteiger partial charge in [-0.05, 0) is 48.0 Å². The number of pyridine rings is 1. The predicted octanol–water partition coefficient (Wildman–Crippen LogP) is 4.04. The molecule has 1 N–H and O–H groups in total. The van der Waals surface area contributed by atoms with Gasteiger partial charge < -0.3 is 14.6 Å². The van der Waals surface area contributed by atoms with Crippen LogP contribution in [0.15, 0.2) is 72.1 Å². The third kappa shape index (κ3) is 2.65. The van der Waals surface area contributed by atoms with Crippen LogP contribution in [-0.4, -0.2) is 27.9 Å². The summed E-state index contributed by atoms with van der Waals surface area (Å²) in [7, 11) is 1.65. The minimum absolute atomic E-state index is 0.0424. The molecule has 3 aromatic rings. The molecule has 140 valence electrons. The molecule has 0 bridgehead atoms. The van der Waals surface area contributed by atoms with E-state index in [9.17, 15) is 5.11 Å². The van der Waals surface area contributed by atoms with Gasteiger partial charge in [-0.15, -0.1) is 0 Å². The summed E-state index contributed by atoms with van der Waals surface area (Å²) in [6.45, 7) is 0. The molecule has 0 radical (unpaired) electrons. The number of benzene rings is 2. The smallest absolute Gasteiger partial charge is 0.214 e. The maximum Gasteiger partial charge on any atom is 0.214 e. The van der Waals surface area contributed by atoms with Gasteiger partial charge in [0, 0.05) is 29.9 Å². The lowest BCUT2D eigenvalue weighted by Gasteiger charge is -2.38. The van der Waals surface area contributed by atoms with Crippen LogP contribution in [0.1, 0.15) is 35.4 Å². The summed E-state index contributed by atoms with van der Waals surface area (Å²) in [6, 6.07) is 17.0. The highest BCUT2D eigenvalue weighted by Crippen LogP contribution is 2.50. The standard InChI is InChI=1S/C22H19N3O3/c1-27-20-4-2-3-17-19-13-18(14-5-7-16(26)8-6-14)24-25(19)22(28-21(17)20)15-9-11-23-12-10-15/h2-12,19,22,26H,13H2,1H3/t19-,22+/m1/s1. The van der Waals surface area contributed by atoms with Crippen molar-refractivity contribution >= 4 is 5.71 Å². The van der Waals surface area contributed by atoms with E-state index in [1.807, 2.05) is 41.4 Å². The van der Waals surface area contributed by atoms with E-state index in [0.717, 1.165) is 34.6 Å². The maximum atomic E-state index is 9.59. The number of aromatic nitrogens is 1. The van der Waals surface area contributed by atoms with E-state index < -0.39 is 0 Å². The van der Waals surface area contributed by atoms with Crippen molar-refractivity contribution in [3.8, 4) is 17.2 Å². The van der Waals surface area contributed by atoms with Crippen molar-refractivity contribution in [2.75, 3.05) is 7.11 Å². The molecule has 0 aliphatic carbocycles. The Labute approximate surface area is 162 Å². The summed E-state index contributed by atoms with van der Waals surface area (Å²) in [5.41, 5.74) is 3.99. The van der Waals surface area contributed by atoms with Crippen molar-refractivity contribution in [2.24, 2.45) is 5.10 Å². The van der Waals surface area contributed by atoms with Crippen molar-refractivity contribution in [3.05, 3.63) is 83.7 Å². The predicted molar refractivity (Wildman–Crippen MR) is 104 cm³/mol. The van der Waals surface area contributed by atoms with Crippen LogP contribution in [0, 0.1) is 0 Å². The van der Waals surface area contributed by atoms with Crippen molar-refractivity contribution in [3.63, 3.8) is 0 Å². The van der Waals surface area contributed by atoms with Crippen LogP contribution in [0.2, 0.25) is 0 Å². The number of hydrogen-bond acceptors (Lipinski definition) is 6. The van der Waals surface area contributed by atoms with Crippen LogP contribution < -0.4 is 9.47 Å². The Balaban J connectivity index is 1.61. The Morgan fingerprint density at radius 1 is 1.07 bits per heavy atom. The highest BCUT2D eigenvalue weighted by Gasteiger charge is 2.42. The first-order valence-corrected chi connectivity index (χ1v) is 9.13. The molecule has 28 heavy (non-hydrogen) atoms. The molecule has 2 atom stereocenters. The minimum Gasteiger partial charge on any atom is -0.508 e. The number of hydrogen-bond donors (Lipinski definition) is 1. The fourth-order valence-corrected chi connectivity index (χ4v) is 3.82. The fourth-order valence-electron chi connectivity index (χ4n) is 3.82. The number of rotatable bonds is 3. The number of methoxy groups -OCH3 is 1. The molecule has 0 amide bonds. The van der Waals surface area contributed by atoms with Gasteiger partial charge in [0.2, 0.25) is 6.23 Å². The van der Waals surface area contributed by atoms with E-state index in [1.165, 1.54) is 0 Å². The first-order valence-electron chi connectivity index (χ1n) is 9.13. The van der Waals surface area contributed by atoms with Gasteiger partial charge in [-0.1, -0.05) is 12.1 Å². The number of aromatic hydroxyl groups is 1. The highest BCUT2D eigenvalue weighted by molar-refractivity contribution is 6.02. The van der Waals surface area contributed by atoms with Gasteiger partial charge in [0.15, 0.2) is 11.5 Å². The second kappa shape index (κ2) is 6.56. The molecule has 0 saturated heterocycles. The molecule has 2 aliphatic rings. The zero-order valence-electron chi connectivity index (χ0n) is 15.3. The van der Waals surface area contributed by atoms with Gasteiger partial charge in [0.05, 0.1) is 18.9 Å². The summed E-state index contributed by atoms with van der Waals surface area (Å²) in [5.74, 6) is 1.72. The zero-order chi connectivity index (χ0) is 19.1. The molecule has 0 saturated carbocycles. The van der Waals surface area contributed by atoms with Crippen LogP contribution in [-0.2, 0) is 0 Å². The molecule has 0 fully saturated rings. The summed E-state index contributed by atoms with van der Waals surface area (Å²) in [4.78, 5) is 4.12. The Kier molecular flexibility index (Phi) is 3.90. The number of phenolic OH excluding ortho intramolecular Hbond substituents is 1. The minimum atomic E-state index is -0.369. The number of hydrazone groups is 1. The van der Waals surface area contributed by atoms with E-state index in [4.69, 9.17) is 14.6 Å². The molecule has 1 aromatic heterocycles. The summed E-state index contributed by atoms with van der Waals surface area (Å²) in [5, 5.41) is 16.5. The summed E-state index contributed by atoms with van der Waals surface area (Å²) >= 11 is 0. The van der Waals surface area contributed by atoms with Crippen LogP contribution in [0.3, 0.4) is 0 Å². The molecule has 3 heterocycles.